The Morgan fingerprint density at radius 3 is 2.52 bits per heavy atom. The molecular formula is C23H19Cl2FN2O. The van der Waals surface area contributed by atoms with Gasteiger partial charge in [0, 0.05) is 16.1 Å². The zero-order valence-electron chi connectivity index (χ0n) is 15.7. The van der Waals surface area contributed by atoms with Crippen molar-refractivity contribution in [1.82, 2.24) is 9.97 Å². The molecule has 0 saturated heterocycles. The molecule has 0 spiro atoms. The maximum absolute atomic E-state index is 13.4. The summed E-state index contributed by atoms with van der Waals surface area (Å²) in [5.74, 6) is 1.17. The maximum Gasteiger partial charge on any atom is 0.137 e. The fourth-order valence-corrected chi connectivity index (χ4v) is 3.10. The molecule has 1 aromatic heterocycles. The number of aromatic nitrogens is 2. The van der Waals surface area contributed by atoms with E-state index in [1.54, 1.807) is 12.3 Å². The minimum absolute atomic E-state index is 0. The van der Waals surface area contributed by atoms with Crippen LogP contribution < -0.4 is 4.74 Å². The second-order valence-corrected chi connectivity index (χ2v) is 6.99. The lowest BCUT2D eigenvalue weighted by Gasteiger charge is -2.10. The zero-order chi connectivity index (χ0) is 19.5. The van der Waals surface area contributed by atoms with Crippen LogP contribution in [0.3, 0.4) is 0 Å². The smallest absolute Gasteiger partial charge is 0.137 e. The van der Waals surface area contributed by atoms with Gasteiger partial charge in [-0.15, -0.1) is 12.4 Å². The van der Waals surface area contributed by atoms with Crippen LogP contribution in [-0.2, 0) is 6.61 Å². The molecule has 0 amide bonds. The number of imidazole rings is 1. The number of halogens is 3. The van der Waals surface area contributed by atoms with Gasteiger partial charge in [0.05, 0.1) is 11.9 Å². The fraction of sp³-hybridized carbons (Fsp3) is 0.0870. The largest absolute Gasteiger partial charge is 0.489 e. The number of ether oxygens (including phenoxy) is 1. The minimum Gasteiger partial charge on any atom is -0.489 e. The lowest BCUT2D eigenvalue weighted by atomic mass is 10.1. The summed E-state index contributed by atoms with van der Waals surface area (Å²) in [6, 6.07) is 19.9. The molecule has 148 valence electrons. The van der Waals surface area contributed by atoms with Crippen molar-refractivity contribution >= 4 is 24.0 Å². The van der Waals surface area contributed by atoms with Crippen molar-refractivity contribution in [2.45, 2.75) is 13.5 Å². The van der Waals surface area contributed by atoms with Crippen molar-refractivity contribution in [3.63, 3.8) is 0 Å². The molecule has 0 bridgehead atoms. The molecule has 29 heavy (non-hydrogen) atoms. The molecular weight excluding hydrogens is 410 g/mol. The first kappa shape index (κ1) is 20.9. The first-order chi connectivity index (χ1) is 13.6. The summed E-state index contributed by atoms with van der Waals surface area (Å²) in [5, 5.41) is 0.710. The third-order valence-electron chi connectivity index (χ3n) is 4.47. The van der Waals surface area contributed by atoms with Crippen LogP contribution >= 0.6 is 24.0 Å². The predicted molar refractivity (Wildman–Crippen MR) is 117 cm³/mol. The summed E-state index contributed by atoms with van der Waals surface area (Å²) in [5.41, 5.74) is 4.65. The van der Waals surface area contributed by atoms with E-state index in [0.29, 0.717) is 23.0 Å². The maximum atomic E-state index is 13.4. The molecule has 0 radical (unpaired) electrons. The molecule has 0 unspecified atom stereocenters. The number of H-pyrrole nitrogens is 1. The highest BCUT2D eigenvalue weighted by Gasteiger charge is 2.09. The van der Waals surface area contributed by atoms with Gasteiger partial charge >= 0.3 is 0 Å². The average Bonchev–Trinajstić information content (AvgIpc) is 3.19. The van der Waals surface area contributed by atoms with Crippen molar-refractivity contribution in [3.05, 3.63) is 94.9 Å². The molecule has 0 aliphatic carbocycles. The fourth-order valence-electron chi connectivity index (χ4n) is 2.97. The van der Waals surface area contributed by atoms with E-state index in [0.717, 1.165) is 28.1 Å². The number of nitrogens with one attached hydrogen (secondary N) is 1. The predicted octanol–water partition coefficient (Wildman–Crippen LogP) is 6.85. The van der Waals surface area contributed by atoms with E-state index in [-0.39, 0.29) is 18.2 Å². The Morgan fingerprint density at radius 1 is 1.00 bits per heavy atom. The van der Waals surface area contributed by atoms with Crippen LogP contribution in [0.4, 0.5) is 4.39 Å². The number of benzene rings is 3. The van der Waals surface area contributed by atoms with Gasteiger partial charge in [-0.05, 0) is 60.5 Å². The van der Waals surface area contributed by atoms with E-state index in [4.69, 9.17) is 16.3 Å². The Bertz CT molecular complexity index is 1110. The number of aryl methyl sites for hydroxylation is 1. The molecule has 0 fully saturated rings. The Morgan fingerprint density at radius 2 is 1.79 bits per heavy atom. The summed E-state index contributed by atoms with van der Waals surface area (Å²) in [6.07, 6.45) is 1.75. The summed E-state index contributed by atoms with van der Waals surface area (Å²) in [7, 11) is 0. The van der Waals surface area contributed by atoms with E-state index in [1.165, 1.54) is 12.1 Å². The Balaban J connectivity index is 0.00000240. The van der Waals surface area contributed by atoms with E-state index in [2.05, 4.69) is 9.97 Å². The van der Waals surface area contributed by atoms with Crippen LogP contribution in [0.5, 0.6) is 5.75 Å². The highest BCUT2D eigenvalue weighted by Crippen LogP contribution is 2.28. The van der Waals surface area contributed by atoms with Gasteiger partial charge < -0.3 is 9.72 Å². The molecule has 4 rings (SSSR count). The summed E-state index contributed by atoms with van der Waals surface area (Å²) in [6.45, 7) is 2.48. The Kier molecular flexibility index (Phi) is 6.57. The lowest BCUT2D eigenvalue weighted by Crippen LogP contribution is -1.97. The number of nitrogens with zero attached hydrogens (tertiary/aromatic N) is 1. The SMILES string of the molecule is Cc1cc(-c2cnc(-c3cccc(F)c3)[nH]2)ccc1OCc1ccc(Cl)cc1.Cl. The molecule has 3 aromatic carbocycles. The number of rotatable bonds is 5. The topological polar surface area (TPSA) is 37.9 Å². The molecule has 0 aliphatic heterocycles. The van der Waals surface area contributed by atoms with Gasteiger partial charge in [-0.3, -0.25) is 0 Å². The number of hydrogen-bond acceptors (Lipinski definition) is 2. The van der Waals surface area contributed by atoms with Crippen LogP contribution in [0.15, 0.2) is 72.9 Å². The Hall–Kier alpha value is -2.82. The van der Waals surface area contributed by atoms with Crippen molar-refractivity contribution in [1.29, 1.82) is 0 Å². The van der Waals surface area contributed by atoms with Gasteiger partial charge in [-0.25, -0.2) is 9.37 Å². The Labute approximate surface area is 179 Å². The van der Waals surface area contributed by atoms with E-state index in [9.17, 15) is 4.39 Å². The van der Waals surface area contributed by atoms with Crippen molar-refractivity contribution in [2.75, 3.05) is 0 Å². The minimum atomic E-state index is -0.284. The standard InChI is InChI=1S/C23H18ClFN2O.ClH/c1-15-11-17(7-10-22(15)28-14-16-5-8-19(24)9-6-16)21-13-26-23(27-21)18-3-2-4-20(25)12-18;/h2-13H,14H2,1H3,(H,26,27);1H. The van der Waals surface area contributed by atoms with Crippen LogP contribution in [0.1, 0.15) is 11.1 Å². The van der Waals surface area contributed by atoms with Gasteiger partial charge in [0.2, 0.25) is 0 Å². The first-order valence-corrected chi connectivity index (χ1v) is 9.25. The number of aromatic amines is 1. The third kappa shape index (κ3) is 4.97. The van der Waals surface area contributed by atoms with E-state index < -0.39 is 0 Å². The molecule has 3 nitrogen and oxygen atoms in total. The average molecular weight is 429 g/mol. The quantitative estimate of drug-likeness (QED) is 0.377. The second kappa shape index (κ2) is 9.12. The van der Waals surface area contributed by atoms with E-state index >= 15 is 0 Å². The lowest BCUT2D eigenvalue weighted by molar-refractivity contribution is 0.304. The van der Waals surface area contributed by atoms with Crippen LogP contribution in [0.25, 0.3) is 22.6 Å². The molecule has 0 aliphatic rings. The van der Waals surface area contributed by atoms with Gasteiger partial charge in [0.15, 0.2) is 0 Å². The van der Waals surface area contributed by atoms with Gasteiger partial charge in [0.1, 0.15) is 24.0 Å². The summed E-state index contributed by atoms with van der Waals surface area (Å²) < 4.78 is 19.4. The van der Waals surface area contributed by atoms with Crippen molar-refractivity contribution in [2.24, 2.45) is 0 Å². The molecule has 6 heteroatoms. The van der Waals surface area contributed by atoms with Crippen LogP contribution in [-0.4, -0.2) is 9.97 Å². The van der Waals surface area contributed by atoms with Gasteiger partial charge in [0.25, 0.3) is 0 Å². The molecule has 4 aromatic rings. The molecule has 0 saturated carbocycles. The highest BCUT2D eigenvalue weighted by atomic mass is 35.5. The van der Waals surface area contributed by atoms with E-state index in [1.807, 2.05) is 55.5 Å². The third-order valence-corrected chi connectivity index (χ3v) is 4.72. The normalized spacial score (nSPS) is 10.4. The zero-order valence-corrected chi connectivity index (χ0v) is 17.2. The first-order valence-electron chi connectivity index (χ1n) is 8.88. The highest BCUT2D eigenvalue weighted by molar-refractivity contribution is 6.30. The molecule has 1 N–H and O–H groups in total. The van der Waals surface area contributed by atoms with Gasteiger partial charge in [-0.2, -0.15) is 0 Å². The van der Waals surface area contributed by atoms with Crippen molar-refractivity contribution < 1.29 is 9.13 Å². The van der Waals surface area contributed by atoms with Crippen molar-refractivity contribution in [3.8, 4) is 28.4 Å². The monoisotopic (exact) mass is 428 g/mol. The second-order valence-electron chi connectivity index (χ2n) is 6.55. The van der Waals surface area contributed by atoms with Crippen LogP contribution in [0, 0.1) is 12.7 Å². The summed E-state index contributed by atoms with van der Waals surface area (Å²) >= 11 is 5.91. The van der Waals surface area contributed by atoms with Crippen LogP contribution in [0.2, 0.25) is 5.02 Å². The molecule has 0 atom stereocenters. The van der Waals surface area contributed by atoms with Gasteiger partial charge in [-0.1, -0.05) is 35.9 Å². The molecule has 1 heterocycles. The summed E-state index contributed by atoms with van der Waals surface area (Å²) in [4.78, 5) is 7.63. The number of hydrogen-bond donors (Lipinski definition) is 1.